The molecular formula is C102H112B2Br4ClCs2N13O12. The van der Waals surface area contributed by atoms with Crippen LogP contribution in [-0.4, -0.2) is 113 Å². The molecular weight excluding hydrogens is 2240 g/mol. The molecule has 0 saturated carbocycles. The number of terminal acetylenes is 2. The van der Waals surface area contributed by atoms with Gasteiger partial charge in [0.05, 0.1) is 71.2 Å². The number of carbonyl (C=O) groups is 1. The van der Waals surface area contributed by atoms with Gasteiger partial charge in [0.1, 0.15) is 82.5 Å². The van der Waals surface area contributed by atoms with Gasteiger partial charge in [0.25, 0.3) is 6.47 Å². The van der Waals surface area contributed by atoms with Crippen LogP contribution in [0.15, 0.2) is 197 Å². The fraction of sp³-hybridized carbons (Fsp3) is 0.275. The van der Waals surface area contributed by atoms with Gasteiger partial charge in [-0.1, -0.05) is 68.8 Å². The maximum Gasteiger partial charge on any atom is 1.00 e. The largest absolute Gasteiger partial charge is 1.00 e. The summed E-state index contributed by atoms with van der Waals surface area (Å²) in [6, 6.07) is 38.8. The number of fused-ring (bicyclic) bond motifs is 3. The van der Waals surface area contributed by atoms with Gasteiger partial charge in [0.15, 0.2) is 0 Å². The monoisotopic (exact) mass is 2350 g/mol. The van der Waals surface area contributed by atoms with Crippen molar-refractivity contribution in [1.82, 2.24) is 64.8 Å². The zero-order valence-electron chi connectivity index (χ0n) is 81.5. The van der Waals surface area contributed by atoms with Gasteiger partial charge < -0.3 is 53.9 Å². The number of carbonyl (C=O) groups excluding carboxylic acids is 1. The number of aromatic nitrogens is 13. The molecule has 700 valence electrons. The van der Waals surface area contributed by atoms with E-state index in [9.17, 15) is 5.11 Å². The van der Waals surface area contributed by atoms with Crippen LogP contribution in [-0.2, 0) is 20.8 Å². The van der Waals surface area contributed by atoms with Gasteiger partial charge >= 0.3 is 148 Å². The number of aromatic hydroxyl groups is 1. The molecule has 1 saturated heterocycles. The van der Waals surface area contributed by atoms with E-state index in [1.807, 2.05) is 149 Å². The first-order chi connectivity index (χ1) is 63.4. The summed E-state index contributed by atoms with van der Waals surface area (Å²) < 4.78 is 46.1. The Kier molecular flexibility index (Phi) is 52.4. The quantitative estimate of drug-likeness (QED) is 0.0296. The molecule has 25 nitrogen and oxygen atoms in total. The van der Waals surface area contributed by atoms with Gasteiger partial charge in [0, 0.05) is 92.8 Å². The summed E-state index contributed by atoms with van der Waals surface area (Å²) in [5.74, 6) is 7.84. The summed E-state index contributed by atoms with van der Waals surface area (Å²) in [5.41, 5.74) is 28.2. The van der Waals surface area contributed by atoms with Crippen LogP contribution < -0.4 is 172 Å². The van der Waals surface area contributed by atoms with E-state index in [2.05, 4.69) is 238 Å². The molecule has 0 amide bonds. The molecule has 1 fully saturated rings. The smallest absolute Gasteiger partial charge is 1.00 e. The van der Waals surface area contributed by atoms with Gasteiger partial charge in [-0.15, -0.1) is 72.5 Å². The topological polar surface area (TPSA) is 319 Å². The molecule has 15 aromatic rings. The Morgan fingerprint density at radius 2 is 0.838 bits per heavy atom. The van der Waals surface area contributed by atoms with E-state index in [1.165, 1.54) is 22.2 Å². The van der Waals surface area contributed by atoms with Crippen molar-refractivity contribution in [3.63, 3.8) is 0 Å². The molecule has 10 aromatic heterocycles. The Bertz CT molecular complexity index is 6380. The summed E-state index contributed by atoms with van der Waals surface area (Å²) in [4.78, 5) is 66.0. The third kappa shape index (κ3) is 34.4. The molecule has 0 bridgehead atoms. The third-order valence-electron chi connectivity index (χ3n) is 21.5. The molecule has 0 unspecified atom stereocenters. The van der Waals surface area contributed by atoms with E-state index in [-0.39, 0.29) is 180 Å². The number of phenols is 1. The van der Waals surface area contributed by atoms with E-state index in [1.54, 1.807) is 108 Å². The minimum Gasteiger partial charge on any atom is -1.00 e. The standard InChI is InChI=1S/C20H19N3O2.C20H17N3O2.C15H23BO2.C14H16N2O.C13H14N2O.C7H4ClNO.C6H7BrN2.C3H4.C2H2.CH2O3.CH4.BBr3.2Cs.H/c2*1-12-10-15(25-20-17-7-9-24-18(17)6-8-21-20)4-5-16(12)19-13(2)22-11-23-14(19)3;1-11-9-12(17-6)7-8-13(11)16-10-14(2,3)15(4,5)18-16;1-9-7-12(17-4)5-6-13(9)14-10(2)15-8-16-11(14)3;1-8-6-11(16)4-5-12(8)13-9(2)14-7-15-10(13)3;8-7-5-2-4-10-6(5)1-3-9-7;1-4-6(7)5(2)9-3-8-4;1-3-2;1-2;2-1-4-3;;2-1(3)4;;;/h4-6,8,10-11H,7,9H2,1-3H3;4-11H,1-3H3;7-9H,10H2,1-6H3;5-8H,1-4H3;4-7,16H,1-3H3;1-4H;3H,1-2H3;1H,2H3;1-2H;1,3H;1H4;;;;/q;;;;;;;;;;;;2*+1;-1/p-1. The van der Waals surface area contributed by atoms with Crippen molar-refractivity contribution in [3.05, 3.63) is 284 Å². The number of rotatable bonds is 12. The molecule has 0 radical (unpaired) electrons. The van der Waals surface area contributed by atoms with Crippen LogP contribution in [0.1, 0.15) is 134 Å². The molecule has 2 aliphatic rings. The number of phenolic OH excluding ortho intramolecular Hbond substituents is 1. The summed E-state index contributed by atoms with van der Waals surface area (Å²) >= 11 is 18.4. The first-order valence-corrected chi connectivity index (χ1v) is 45.5. The molecule has 12 heterocycles. The SMILES string of the molecule is BrB(Br)Br.C.C#C.C#CC.COc1ccc(-c2c(C)ncnc2C)c(C)c1.COc1ccc(B2CC(C)(C)C(C)(C)O2)c(C)c1.Cc1cc(O)ccc1-c1c(C)ncnc1C.Cc1cc(Oc2nccc3c2CCO3)ccc1-c1c(C)ncnc1C.Cc1cc(Oc2nccc3occc23)ccc1-c1c(C)ncnc1C.Cc1ncnc(C)c1Br.Clc1nccc2occc12.O=CO[O-].[Cs+].[Cs+].[H-]. The molecule has 34 heteroatoms. The van der Waals surface area contributed by atoms with Crippen molar-refractivity contribution >= 4 is 119 Å². The van der Waals surface area contributed by atoms with E-state index >= 15 is 0 Å². The van der Waals surface area contributed by atoms with Crippen LogP contribution in [0.25, 0.3) is 66.4 Å². The molecule has 2 aliphatic heterocycles. The Morgan fingerprint density at radius 3 is 1.21 bits per heavy atom. The number of pyridine rings is 3. The molecule has 0 spiro atoms. The molecule has 17 rings (SSSR count). The van der Waals surface area contributed by atoms with Gasteiger partial charge in [0.2, 0.25) is 11.8 Å². The number of aryl methyl sites for hydroxylation is 15. The molecule has 0 aliphatic carbocycles. The number of halogens is 5. The van der Waals surface area contributed by atoms with E-state index in [0.717, 1.165) is 186 Å². The summed E-state index contributed by atoms with van der Waals surface area (Å²) in [6.45, 7) is 41.4. The average molecular weight is 2350 g/mol. The fourth-order valence-electron chi connectivity index (χ4n) is 14.2. The second kappa shape index (κ2) is 59.4. The number of hydrogen-bond donors (Lipinski definition) is 1. The molecule has 1 N–H and O–H groups in total. The first kappa shape index (κ1) is 120. The van der Waals surface area contributed by atoms with Crippen molar-refractivity contribution in [1.29, 1.82) is 0 Å². The summed E-state index contributed by atoms with van der Waals surface area (Å²) in [6.07, 6.45) is 30.7. The van der Waals surface area contributed by atoms with Crippen molar-refractivity contribution in [3.8, 4) is 116 Å². The number of nitrogens with zero attached hydrogens (tertiary/aromatic N) is 13. The van der Waals surface area contributed by atoms with Crippen LogP contribution in [0.3, 0.4) is 0 Å². The van der Waals surface area contributed by atoms with Crippen LogP contribution in [0.4, 0.5) is 0 Å². The summed E-state index contributed by atoms with van der Waals surface area (Å²) in [5, 5.41) is 20.0. The number of ether oxygens (including phenoxy) is 5. The van der Waals surface area contributed by atoms with Gasteiger partial charge in [-0.05, 0) is 293 Å². The van der Waals surface area contributed by atoms with Crippen LogP contribution in [0.2, 0.25) is 11.5 Å². The predicted octanol–water partition coefficient (Wildman–Crippen LogP) is 18.7. The Morgan fingerprint density at radius 1 is 0.500 bits per heavy atom. The molecule has 0 atom stereocenters. The zero-order valence-corrected chi connectivity index (χ0v) is 100. The van der Waals surface area contributed by atoms with E-state index < -0.39 is 0 Å². The van der Waals surface area contributed by atoms with Gasteiger partial charge in [-0.25, -0.2) is 64.8 Å². The Balaban J connectivity index is 0.000000408. The zero-order chi connectivity index (χ0) is 98.0. The van der Waals surface area contributed by atoms with Gasteiger partial charge in [-0.2, -0.15) is 0 Å². The van der Waals surface area contributed by atoms with Crippen molar-refractivity contribution in [2.45, 2.75) is 164 Å². The number of hydrogen-bond acceptors (Lipinski definition) is 25. The number of methoxy groups -OCH3 is 2. The third-order valence-corrected chi connectivity index (χ3v) is 22.9. The maximum absolute atomic E-state index is 9.39. The van der Waals surface area contributed by atoms with Crippen molar-refractivity contribution in [2.24, 2.45) is 5.41 Å². The molecule has 136 heavy (non-hydrogen) atoms. The van der Waals surface area contributed by atoms with Crippen molar-refractivity contribution < 1.29 is 196 Å². The number of benzene rings is 5. The minimum atomic E-state index is -0.181. The second-order valence-corrected chi connectivity index (χ2v) is 38.7. The normalized spacial score (nSPS) is 11.5. The minimum absolute atomic E-state index is 0. The Labute approximate surface area is 957 Å². The van der Waals surface area contributed by atoms with Crippen molar-refractivity contribution in [2.75, 3.05) is 20.8 Å². The predicted molar refractivity (Wildman–Crippen MR) is 550 cm³/mol. The van der Waals surface area contributed by atoms with Gasteiger partial charge in [-0.3, -0.25) is 4.79 Å². The second-order valence-electron chi connectivity index (χ2n) is 31.1. The van der Waals surface area contributed by atoms with E-state index in [4.69, 9.17) is 58.8 Å². The van der Waals surface area contributed by atoms with Crippen LogP contribution in [0.5, 0.6) is 46.3 Å². The fourth-order valence-corrected chi connectivity index (χ4v) is 14.6. The number of furan rings is 2. The van der Waals surface area contributed by atoms with E-state index in [0.29, 0.717) is 23.5 Å². The summed E-state index contributed by atoms with van der Waals surface area (Å²) in [7, 11) is 3.38. The maximum atomic E-state index is 9.39. The van der Waals surface area contributed by atoms with Crippen LogP contribution in [0, 0.1) is 134 Å². The first-order valence-electron chi connectivity index (χ1n) is 41.6. The average Bonchev–Trinajstić information content (AvgIpc) is 1.61. The van der Waals surface area contributed by atoms with Crippen LogP contribution >= 0.6 is 74.8 Å². The Hall–Kier alpha value is -8.22. The molecule has 5 aromatic carbocycles.